The Labute approximate surface area is 286 Å². The van der Waals surface area contributed by atoms with Gasteiger partial charge in [-0.15, -0.1) is 0 Å². The van der Waals surface area contributed by atoms with Gasteiger partial charge in [0.1, 0.15) is 24.2 Å². The van der Waals surface area contributed by atoms with E-state index in [1.807, 2.05) is 20.8 Å². The first-order valence-electron chi connectivity index (χ1n) is 18.4. The number of nitrogens with one attached hydrogen (secondary N) is 4. The molecular formula is C35H62N6O7. The highest BCUT2D eigenvalue weighted by molar-refractivity contribution is 5.96. The van der Waals surface area contributed by atoms with E-state index in [0.29, 0.717) is 51.1 Å². The highest BCUT2D eigenvalue weighted by Gasteiger charge is 2.39. The highest BCUT2D eigenvalue weighted by Crippen LogP contribution is 2.28. The molecule has 0 spiro atoms. The van der Waals surface area contributed by atoms with E-state index >= 15 is 0 Å². The number of amides is 5. The number of hydrogen-bond donors (Lipinski definition) is 6. The number of carbonyl (C=O) groups excluding carboxylic acids is 5. The fourth-order valence-electron chi connectivity index (χ4n) is 7.65. The molecule has 6 N–H and O–H groups in total. The van der Waals surface area contributed by atoms with Crippen molar-refractivity contribution in [1.82, 2.24) is 31.1 Å². The van der Waals surface area contributed by atoms with Gasteiger partial charge >= 0.3 is 0 Å². The lowest BCUT2D eigenvalue weighted by Gasteiger charge is -2.38. The molecule has 5 amide bonds. The zero-order valence-corrected chi connectivity index (χ0v) is 29.8. The van der Waals surface area contributed by atoms with Crippen molar-refractivity contribution < 1.29 is 34.2 Å². The molecule has 0 aromatic heterocycles. The minimum absolute atomic E-state index is 0.189. The molecule has 1 aliphatic heterocycles. The quantitative estimate of drug-likeness (QED) is 0.211. The minimum Gasteiger partial charge on any atom is -0.394 e. The third-order valence-corrected chi connectivity index (χ3v) is 10.6. The van der Waals surface area contributed by atoms with Crippen LogP contribution in [0, 0.1) is 11.8 Å². The molecule has 1 heterocycles. The molecule has 1 saturated heterocycles. The first-order valence-corrected chi connectivity index (χ1v) is 18.4. The van der Waals surface area contributed by atoms with Gasteiger partial charge in [0.05, 0.1) is 18.8 Å². The number of hydrogen-bond acceptors (Lipinski definition) is 8. The van der Waals surface area contributed by atoms with Gasteiger partial charge in [0.15, 0.2) is 0 Å². The van der Waals surface area contributed by atoms with Crippen LogP contribution in [0.5, 0.6) is 0 Å². The first kappa shape index (κ1) is 39.7. The Morgan fingerprint density at radius 1 is 0.792 bits per heavy atom. The molecule has 274 valence electrons. The predicted octanol–water partition coefficient (Wildman–Crippen LogP) is 1.20. The van der Waals surface area contributed by atoms with Crippen molar-refractivity contribution in [2.75, 3.05) is 26.7 Å². The number of rotatable bonds is 9. The van der Waals surface area contributed by atoms with Gasteiger partial charge in [0.25, 0.3) is 0 Å². The van der Waals surface area contributed by atoms with Crippen LogP contribution in [-0.4, -0.2) is 119 Å². The summed E-state index contributed by atoms with van der Waals surface area (Å²) in [6.07, 6.45) is 9.72. The van der Waals surface area contributed by atoms with E-state index in [-0.39, 0.29) is 17.9 Å². The van der Waals surface area contributed by atoms with Crippen LogP contribution in [0.3, 0.4) is 0 Å². The SMILES string of the molecule is CCC[C@@H]1CN(CC2CCCC2)[C@@H](C)C(=O)N(C)[C@@H](CCC)C(=O)N[C@@H](C2CCCCC2)C(=O)N[C@@H](CO)C(=O)N[C@@H]([C@H](C)O)C(=O)N1. The molecule has 48 heavy (non-hydrogen) atoms. The lowest BCUT2D eigenvalue weighted by molar-refractivity contribution is -0.144. The molecule has 2 saturated carbocycles. The summed E-state index contributed by atoms with van der Waals surface area (Å²) in [5, 5.41) is 31.8. The second kappa shape index (κ2) is 19.4. The topological polar surface area (TPSA) is 180 Å². The van der Waals surface area contributed by atoms with E-state index in [2.05, 4.69) is 26.2 Å². The molecule has 3 aliphatic rings. The molecule has 0 unspecified atom stereocenters. The van der Waals surface area contributed by atoms with Crippen molar-refractivity contribution in [1.29, 1.82) is 0 Å². The van der Waals surface area contributed by atoms with Crippen LogP contribution in [0.15, 0.2) is 0 Å². The minimum atomic E-state index is -1.42. The maximum absolute atomic E-state index is 14.2. The second-order valence-corrected chi connectivity index (χ2v) is 14.4. The summed E-state index contributed by atoms with van der Waals surface area (Å²) in [5.74, 6) is -2.45. The zero-order valence-electron chi connectivity index (χ0n) is 29.8. The Bertz CT molecular complexity index is 1080. The number of aliphatic hydroxyl groups is 2. The van der Waals surface area contributed by atoms with Crippen LogP contribution >= 0.6 is 0 Å². The van der Waals surface area contributed by atoms with Gasteiger partial charge in [0.2, 0.25) is 29.5 Å². The standard InChI is InChI=1S/C35H62N6O7/c1-6-13-26-20-41(19-24-15-11-12-16-24)22(3)35(48)40(5)28(14-7-2)32(45)39-30(25-17-9-8-10-18-25)34(47)37-27(21-42)31(44)38-29(23(4)43)33(46)36-26/h22-30,42-43H,6-21H2,1-5H3,(H,36,46)(H,37,47)(H,38,44)(H,39,45)/t22-,23-,26+,27-,28-,29-,30-/m0/s1. The van der Waals surface area contributed by atoms with Crippen LogP contribution in [0.1, 0.15) is 111 Å². The summed E-state index contributed by atoms with van der Waals surface area (Å²) in [7, 11) is 1.64. The summed E-state index contributed by atoms with van der Waals surface area (Å²) >= 11 is 0. The van der Waals surface area contributed by atoms with E-state index in [0.717, 1.165) is 51.4 Å². The normalized spacial score (nSPS) is 31.0. The van der Waals surface area contributed by atoms with Gasteiger partial charge in [0, 0.05) is 26.2 Å². The third-order valence-electron chi connectivity index (χ3n) is 10.6. The van der Waals surface area contributed by atoms with E-state index in [1.54, 1.807) is 7.05 Å². The van der Waals surface area contributed by atoms with Gasteiger partial charge in [-0.1, -0.05) is 58.8 Å². The molecule has 3 fully saturated rings. The summed E-state index contributed by atoms with van der Waals surface area (Å²) < 4.78 is 0. The van der Waals surface area contributed by atoms with Crippen molar-refractivity contribution in [2.45, 2.75) is 154 Å². The third kappa shape index (κ3) is 10.9. The summed E-state index contributed by atoms with van der Waals surface area (Å²) in [6, 6.07) is -5.54. The van der Waals surface area contributed by atoms with Crippen LogP contribution in [-0.2, 0) is 24.0 Å². The predicted molar refractivity (Wildman–Crippen MR) is 182 cm³/mol. The highest BCUT2D eigenvalue weighted by atomic mass is 16.3. The first-order chi connectivity index (χ1) is 22.9. The fourth-order valence-corrected chi connectivity index (χ4v) is 7.65. The van der Waals surface area contributed by atoms with E-state index in [9.17, 15) is 34.2 Å². The average Bonchev–Trinajstić information content (AvgIpc) is 3.58. The molecule has 0 aromatic rings. The van der Waals surface area contributed by atoms with Crippen molar-refractivity contribution in [2.24, 2.45) is 11.8 Å². The largest absolute Gasteiger partial charge is 0.394 e. The number of likely N-dealkylation sites (N-methyl/N-ethyl adjacent to an activating group) is 1. The average molecular weight is 679 g/mol. The molecule has 2 aliphatic carbocycles. The maximum Gasteiger partial charge on any atom is 0.245 e. The van der Waals surface area contributed by atoms with Gasteiger partial charge in [-0.3, -0.25) is 28.9 Å². The summed E-state index contributed by atoms with van der Waals surface area (Å²) in [6.45, 7) is 7.48. The second-order valence-electron chi connectivity index (χ2n) is 14.4. The van der Waals surface area contributed by atoms with Gasteiger partial charge in [-0.05, 0) is 64.2 Å². The van der Waals surface area contributed by atoms with Crippen molar-refractivity contribution in [3.8, 4) is 0 Å². The van der Waals surface area contributed by atoms with E-state index < -0.39 is 66.5 Å². The van der Waals surface area contributed by atoms with Crippen LogP contribution in [0.4, 0.5) is 0 Å². The Hall–Kier alpha value is -2.77. The van der Waals surface area contributed by atoms with Crippen molar-refractivity contribution in [3.05, 3.63) is 0 Å². The van der Waals surface area contributed by atoms with Crippen LogP contribution in [0.2, 0.25) is 0 Å². The van der Waals surface area contributed by atoms with Crippen molar-refractivity contribution >= 4 is 29.5 Å². The maximum atomic E-state index is 14.2. The number of nitrogens with zero attached hydrogens (tertiary/aromatic N) is 2. The van der Waals surface area contributed by atoms with E-state index in [1.165, 1.54) is 11.8 Å². The number of carbonyl (C=O) groups is 5. The Kier molecular flexibility index (Phi) is 16.1. The molecular weight excluding hydrogens is 616 g/mol. The fraction of sp³-hybridized carbons (Fsp3) is 0.857. The smallest absolute Gasteiger partial charge is 0.245 e. The lowest BCUT2D eigenvalue weighted by Crippen LogP contribution is -2.63. The van der Waals surface area contributed by atoms with Gasteiger partial charge in [-0.25, -0.2) is 0 Å². The Balaban J connectivity index is 2.05. The molecule has 0 radical (unpaired) electrons. The lowest BCUT2D eigenvalue weighted by atomic mass is 9.83. The van der Waals surface area contributed by atoms with Crippen LogP contribution in [0.25, 0.3) is 0 Å². The molecule has 13 heteroatoms. The Morgan fingerprint density at radius 3 is 2.00 bits per heavy atom. The van der Waals surface area contributed by atoms with Gasteiger partial charge in [-0.2, -0.15) is 0 Å². The monoisotopic (exact) mass is 678 g/mol. The molecule has 0 aromatic carbocycles. The van der Waals surface area contributed by atoms with Crippen LogP contribution < -0.4 is 21.3 Å². The molecule has 3 rings (SSSR count). The molecule has 0 bridgehead atoms. The number of aliphatic hydroxyl groups excluding tert-OH is 2. The van der Waals surface area contributed by atoms with E-state index in [4.69, 9.17) is 0 Å². The van der Waals surface area contributed by atoms with Gasteiger partial charge < -0.3 is 36.4 Å². The summed E-state index contributed by atoms with van der Waals surface area (Å²) in [5.41, 5.74) is 0. The zero-order chi connectivity index (χ0) is 35.4. The molecule has 7 atom stereocenters. The summed E-state index contributed by atoms with van der Waals surface area (Å²) in [4.78, 5) is 72.7. The Morgan fingerprint density at radius 2 is 1.42 bits per heavy atom. The van der Waals surface area contributed by atoms with Crippen molar-refractivity contribution in [3.63, 3.8) is 0 Å². The molecule has 13 nitrogen and oxygen atoms in total.